The highest BCUT2D eigenvalue weighted by Gasteiger charge is 2.36. The number of fused-ring (bicyclic) bond motifs is 1. The van der Waals surface area contributed by atoms with Crippen molar-refractivity contribution >= 4 is 28.5 Å². The summed E-state index contributed by atoms with van der Waals surface area (Å²) in [6.07, 6.45) is -3.93. The molecule has 0 aliphatic heterocycles. The highest BCUT2D eigenvalue weighted by atomic mass is 35.5. The van der Waals surface area contributed by atoms with Gasteiger partial charge in [-0.25, -0.2) is 0 Å². The summed E-state index contributed by atoms with van der Waals surface area (Å²) >= 11 is 6.18. The molecule has 1 aromatic heterocycles. The van der Waals surface area contributed by atoms with E-state index in [1.54, 1.807) is 18.2 Å². The molecule has 0 radical (unpaired) electrons. The third kappa shape index (κ3) is 5.68. The van der Waals surface area contributed by atoms with Crippen molar-refractivity contribution in [1.82, 2.24) is 0 Å². The van der Waals surface area contributed by atoms with Gasteiger partial charge in [0.15, 0.2) is 11.0 Å². The molecule has 4 rings (SSSR count). The van der Waals surface area contributed by atoms with Crippen LogP contribution in [0.25, 0.3) is 22.3 Å². The smallest absolute Gasteiger partial charge is 0.416 e. The van der Waals surface area contributed by atoms with Gasteiger partial charge in [0.25, 0.3) is 0 Å². The molecule has 1 aliphatic rings. The van der Waals surface area contributed by atoms with Crippen LogP contribution in [-0.2, 0) is 15.7 Å². The number of alkyl halides is 3. The average molecular weight is 525 g/mol. The predicted molar refractivity (Wildman–Crippen MR) is 127 cm³/mol. The Balaban J connectivity index is 1.59. The van der Waals surface area contributed by atoms with E-state index >= 15 is 0 Å². The molecule has 10 heteroatoms. The molecule has 0 bridgehead atoms. The largest absolute Gasteiger partial charge is 0.492 e. The van der Waals surface area contributed by atoms with E-state index in [4.69, 9.17) is 30.6 Å². The predicted octanol–water partition coefficient (Wildman–Crippen LogP) is 6.42. The molecule has 0 saturated heterocycles. The Hall–Kier alpha value is -3.04. The van der Waals surface area contributed by atoms with Crippen molar-refractivity contribution in [3.8, 4) is 17.1 Å². The van der Waals surface area contributed by atoms with Crippen LogP contribution in [0.5, 0.6) is 5.75 Å². The first-order valence-corrected chi connectivity index (χ1v) is 11.6. The third-order valence-electron chi connectivity index (χ3n) is 6.05. The first-order valence-electron chi connectivity index (χ1n) is 11.3. The van der Waals surface area contributed by atoms with Gasteiger partial charge in [-0.05, 0) is 43.2 Å². The molecule has 1 aliphatic carbocycles. The summed E-state index contributed by atoms with van der Waals surface area (Å²) in [6.45, 7) is 3.86. The van der Waals surface area contributed by atoms with Gasteiger partial charge in [0, 0.05) is 11.5 Å². The molecule has 1 N–H and O–H groups in total. The van der Waals surface area contributed by atoms with Crippen LogP contribution in [0, 0.1) is 11.3 Å². The van der Waals surface area contributed by atoms with Crippen LogP contribution in [0.1, 0.15) is 32.3 Å². The number of carboxylic acids is 1. The van der Waals surface area contributed by atoms with Crippen LogP contribution in [0.3, 0.4) is 0 Å². The van der Waals surface area contributed by atoms with Gasteiger partial charge in [-0.1, -0.05) is 31.5 Å². The van der Waals surface area contributed by atoms with Gasteiger partial charge in [-0.2, -0.15) is 13.2 Å². The zero-order valence-corrected chi connectivity index (χ0v) is 20.3. The van der Waals surface area contributed by atoms with Gasteiger partial charge in [0.2, 0.25) is 0 Å². The lowest BCUT2D eigenvalue weighted by atomic mass is 9.82. The molecule has 6 nitrogen and oxygen atoms in total. The van der Waals surface area contributed by atoms with Gasteiger partial charge in [-0.3, -0.25) is 9.59 Å². The maximum absolute atomic E-state index is 13.4. The maximum Gasteiger partial charge on any atom is 0.416 e. The Morgan fingerprint density at radius 2 is 1.86 bits per heavy atom. The van der Waals surface area contributed by atoms with Crippen molar-refractivity contribution in [3.05, 3.63) is 63.3 Å². The molecule has 1 saturated carbocycles. The van der Waals surface area contributed by atoms with Gasteiger partial charge in [-0.15, -0.1) is 0 Å². The van der Waals surface area contributed by atoms with E-state index in [9.17, 15) is 22.8 Å². The average Bonchev–Trinajstić information content (AvgIpc) is 2.76. The van der Waals surface area contributed by atoms with E-state index in [0.717, 1.165) is 12.1 Å². The lowest BCUT2D eigenvalue weighted by Gasteiger charge is -2.35. The number of carbonyl (C=O) groups is 1. The van der Waals surface area contributed by atoms with Crippen molar-refractivity contribution in [2.45, 2.75) is 39.0 Å². The highest BCUT2D eigenvalue weighted by molar-refractivity contribution is 6.34. The van der Waals surface area contributed by atoms with E-state index in [0.29, 0.717) is 12.8 Å². The second-order valence-electron chi connectivity index (χ2n) is 9.69. The van der Waals surface area contributed by atoms with Gasteiger partial charge >= 0.3 is 12.1 Å². The quantitative estimate of drug-likeness (QED) is 0.366. The number of benzene rings is 2. The van der Waals surface area contributed by atoms with E-state index < -0.39 is 34.5 Å². The topological polar surface area (TPSA) is 86.0 Å². The number of carboxylic acid groups (broad SMARTS) is 1. The van der Waals surface area contributed by atoms with Crippen molar-refractivity contribution in [2.24, 2.45) is 11.3 Å². The first-order chi connectivity index (χ1) is 16.8. The monoisotopic (exact) mass is 524 g/mol. The number of hydrogen-bond donors (Lipinski definition) is 1. The van der Waals surface area contributed by atoms with Crippen LogP contribution >= 0.6 is 11.6 Å². The highest BCUT2D eigenvalue weighted by Crippen LogP contribution is 2.39. The molecule has 0 amide bonds. The molecule has 192 valence electrons. The number of ether oxygens (including phenoxy) is 2. The third-order valence-corrected chi connectivity index (χ3v) is 6.35. The summed E-state index contributed by atoms with van der Waals surface area (Å²) < 4.78 is 57.8. The minimum atomic E-state index is -4.60. The molecule has 1 heterocycles. The lowest BCUT2D eigenvalue weighted by molar-refractivity contribution is -0.152. The van der Waals surface area contributed by atoms with E-state index in [2.05, 4.69) is 0 Å². The summed E-state index contributed by atoms with van der Waals surface area (Å²) in [7, 11) is 0. The fourth-order valence-corrected chi connectivity index (χ4v) is 4.07. The standard InChI is InChI=1S/C26H24ClF3O6/c1-25(2,12-34-16-8-14(9-16)24(32)33)13-35-21-10-15(26(28,29)30)6-7-18(21)22-11-20(31)17-4-3-5-19(27)23(17)36-22/h3-7,10-11,14,16H,8-9,12-13H2,1-2H3,(H,32,33). The molecular formula is C26H24ClF3O6. The molecular weight excluding hydrogens is 501 g/mol. The Kier molecular flexibility index (Phi) is 7.07. The Bertz CT molecular complexity index is 1340. The van der Waals surface area contributed by atoms with E-state index in [-0.39, 0.29) is 52.4 Å². The van der Waals surface area contributed by atoms with Crippen LogP contribution in [-0.4, -0.2) is 30.4 Å². The van der Waals surface area contributed by atoms with Crippen LogP contribution in [0.2, 0.25) is 5.02 Å². The molecule has 1 fully saturated rings. The Morgan fingerprint density at radius 1 is 1.14 bits per heavy atom. The SMILES string of the molecule is CC(C)(COc1cc(C(F)(F)F)ccc1-c1cc(=O)c2cccc(Cl)c2o1)COC1CC(C(=O)O)C1. The van der Waals surface area contributed by atoms with Crippen molar-refractivity contribution in [3.63, 3.8) is 0 Å². The molecule has 3 aromatic rings. The minimum Gasteiger partial charge on any atom is -0.492 e. The normalized spacial score (nSPS) is 18.2. The second kappa shape index (κ2) is 9.78. The molecule has 0 spiro atoms. The molecule has 0 unspecified atom stereocenters. The summed E-state index contributed by atoms with van der Waals surface area (Å²) in [4.78, 5) is 23.6. The van der Waals surface area contributed by atoms with Crippen molar-refractivity contribution in [1.29, 1.82) is 0 Å². The van der Waals surface area contributed by atoms with Gasteiger partial charge in [0.1, 0.15) is 11.5 Å². The fraction of sp³-hybridized carbons (Fsp3) is 0.385. The summed E-state index contributed by atoms with van der Waals surface area (Å²) in [6, 6.07) is 8.84. The number of para-hydroxylation sites is 1. The zero-order chi connectivity index (χ0) is 26.3. The number of hydrogen-bond acceptors (Lipinski definition) is 5. The maximum atomic E-state index is 13.4. The fourth-order valence-electron chi connectivity index (χ4n) is 3.86. The first kappa shape index (κ1) is 26.0. The second-order valence-corrected chi connectivity index (χ2v) is 10.1. The molecule has 2 aromatic carbocycles. The summed E-state index contributed by atoms with van der Waals surface area (Å²) in [5.74, 6) is -1.35. The van der Waals surface area contributed by atoms with Crippen LogP contribution in [0.4, 0.5) is 13.2 Å². The lowest BCUT2D eigenvalue weighted by Crippen LogP contribution is -2.39. The molecule has 36 heavy (non-hydrogen) atoms. The van der Waals surface area contributed by atoms with Crippen molar-refractivity contribution in [2.75, 3.05) is 13.2 Å². The Labute approximate surface area is 209 Å². The number of aliphatic carboxylic acids is 1. The summed E-state index contributed by atoms with van der Waals surface area (Å²) in [5, 5.41) is 9.43. The summed E-state index contributed by atoms with van der Waals surface area (Å²) in [5.41, 5.74) is -1.62. The molecule has 0 atom stereocenters. The van der Waals surface area contributed by atoms with Crippen LogP contribution in [0.15, 0.2) is 51.7 Å². The van der Waals surface area contributed by atoms with Crippen LogP contribution < -0.4 is 10.2 Å². The number of rotatable bonds is 8. The van der Waals surface area contributed by atoms with E-state index in [1.165, 1.54) is 12.1 Å². The number of halogens is 4. The Morgan fingerprint density at radius 3 is 2.53 bits per heavy atom. The minimum absolute atomic E-state index is 0.00500. The van der Waals surface area contributed by atoms with Gasteiger partial charge < -0.3 is 19.0 Å². The van der Waals surface area contributed by atoms with E-state index in [1.807, 2.05) is 13.8 Å². The van der Waals surface area contributed by atoms with Crippen molar-refractivity contribution < 1.29 is 37.0 Å². The van der Waals surface area contributed by atoms with Gasteiger partial charge in [0.05, 0.1) is 46.8 Å². The zero-order valence-electron chi connectivity index (χ0n) is 19.5.